The van der Waals surface area contributed by atoms with Gasteiger partial charge in [-0.1, -0.05) is 6.08 Å². The smallest absolute Gasteiger partial charge is 0.435 e. The van der Waals surface area contributed by atoms with Crippen LogP contribution in [0.15, 0.2) is 12.7 Å². The average molecular weight is 224 g/mol. The van der Waals surface area contributed by atoms with Gasteiger partial charge in [-0.05, 0) is 6.92 Å². The van der Waals surface area contributed by atoms with E-state index < -0.39 is 22.2 Å². The molecule has 0 amide bonds. The van der Waals surface area contributed by atoms with Gasteiger partial charge in [-0.25, -0.2) is 4.79 Å². The van der Waals surface area contributed by atoms with Crippen molar-refractivity contribution in [3.63, 3.8) is 0 Å². The van der Waals surface area contributed by atoms with Crippen LogP contribution in [0.2, 0.25) is 0 Å². The number of ether oxygens (including phenoxy) is 2. The molecule has 0 aromatic heterocycles. The maximum Gasteiger partial charge on any atom is 0.509 e. The van der Waals surface area contributed by atoms with E-state index in [1.807, 2.05) is 0 Å². The highest BCUT2D eigenvalue weighted by Crippen LogP contribution is 1.96. The summed E-state index contributed by atoms with van der Waals surface area (Å²) in [5.74, 6) is -0.861. The van der Waals surface area contributed by atoms with Crippen LogP contribution in [0.5, 0.6) is 0 Å². The molecule has 14 heavy (non-hydrogen) atoms. The van der Waals surface area contributed by atoms with E-state index in [9.17, 15) is 13.2 Å². The molecule has 6 nitrogen and oxygen atoms in total. The number of hydrogen-bond donors (Lipinski definition) is 0. The molecule has 0 fully saturated rings. The molecule has 0 N–H and O–H groups in total. The third-order valence-corrected chi connectivity index (χ3v) is 1.85. The molecule has 0 aliphatic rings. The highest BCUT2D eigenvalue weighted by molar-refractivity contribution is 7.86. The molecule has 0 aromatic carbocycles. The van der Waals surface area contributed by atoms with Crippen LogP contribution in [0.3, 0.4) is 0 Å². The summed E-state index contributed by atoms with van der Waals surface area (Å²) in [6.07, 6.45) is 0.223. The van der Waals surface area contributed by atoms with E-state index in [2.05, 4.69) is 20.2 Å². The Morgan fingerprint density at radius 2 is 2.07 bits per heavy atom. The molecule has 0 aliphatic heterocycles. The second-order valence-electron chi connectivity index (χ2n) is 2.08. The molecule has 0 rings (SSSR count). The van der Waals surface area contributed by atoms with E-state index in [1.165, 1.54) is 6.08 Å². The zero-order valence-corrected chi connectivity index (χ0v) is 8.58. The van der Waals surface area contributed by atoms with Crippen LogP contribution < -0.4 is 0 Å². The van der Waals surface area contributed by atoms with Gasteiger partial charge in [-0.15, -0.1) is 6.58 Å². The van der Waals surface area contributed by atoms with E-state index in [1.54, 1.807) is 6.92 Å². The van der Waals surface area contributed by atoms with Gasteiger partial charge in [0.15, 0.2) is 0 Å². The fourth-order valence-electron chi connectivity index (χ4n) is 0.466. The SMILES string of the molecule is C=CCOS(=O)(=O)COC(=O)OCC. The van der Waals surface area contributed by atoms with Gasteiger partial charge in [0, 0.05) is 0 Å². The van der Waals surface area contributed by atoms with E-state index >= 15 is 0 Å². The van der Waals surface area contributed by atoms with Crippen molar-refractivity contribution in [2.75, 3.05) is 19.2 Å². The summed E-state index contributed by atoms with van der Waals surface area (Å²) in [5.41, 5.74) is 0. The van der Waals surface area contributed by atoms with Gasteiger partial charge >= 0.3 is 16.3 Å². The highest BCUT2D eigenvalue weighted by Gasteiger charge is 2.14. The van der Waals surface area contributed by atoms with Crippen LogP contribution in [0.25, 0.3) is 0 Å². The lowest BCUT2D eigenvalue weighted by atomic mass is 10.7. The van der Waals surface area contributed by atoms with Crippen LogP contribution in [-0.2, 0) is 23.8 Å². The second kappa shape index (κ2) is 6.39. The summed E-state index contributed by atoms with van der Waals surface area (Å²) >= 11 is 0. The Balaban J connectivity index is 3.87. The minimum Gasteiger partial charge on any atom is -0.435 e. The molecule has 0 unspecified atom stereocenters. The van der Waals surface area contributed by atoms with Gasteiger partial charge in [0.2, 0.25) is 5.94 Å². The lowest BCUT2D eigenvalue weighted by Gasteiger charge is -2.04. The second-order valence-corrected chi connectivity index (χ2v) is 3.66. The minimum atomic E-state index is -3.85. The monoisotopic (exact) mass is 224 g/mol. The fraction of sp³-hybridized carbons (Fsp3) is 0.571. The van der Waals surface area contributed by atoms with E-state index in [4.69, 9.17) is 0 Å². The molecular weight excluding hydrogens is 212 g/mol. The number of carbonyl (C=O) groups is 1. The van der Waals surface area contributed by atoms with Gasteiger partial charge < -0.3 is 9.47 Å². The van der Waals surface area contributed by atoms with Crippen LogP contribution in [0.4, 0.5) is 4.79 Å². The standard InChI is InChI=1S/C7H12O6S/c1-3-5-13-14(9,10)6-12-7(8)11-4-2/h3H,1,4-6H2,2H3. The number of hydrogen-bond acceptors (Lipinski definition) is 6. The normalized spacial score (nSPS) is 10.6. The quantitative estimate of drug-likeness (QED) is 0.374. The molecule has 0 bridgehead atoms. The average Bonchev–Trinajstić information content (AvgIpc) is 2.13. The van der Waals surface area contributed by atoms with E-state index in [0.717, 1.165) is 0 Å². The van der Waals surface area contributed by atoms with Crippen LogP contribution in [0.1, 0.15) is 6.92 Å². The molecule has 7 heteroatoms. The van der Waals surface area contributed by atoms with Crippen molar-refractivity contribution >= 4 is 16.3 Å². The molecule has 0 aromatic rings. The summed E-state index contributed by atoms with van der Waals surface area (Å²) < 4.78 is 34.7. The Morgan fingerprint density at radius 3 is 2.57 bits per heavy atom. The third kappa shape index (κ3) is 6.44. The predicted octanol–water partition coefficient (Wildman–Crippen LogP) is 0.649. The maximum atomic E-state index is 10.9. The Labute approximate surface area is 82.6 Å². The zero-order chi connectivity index (χ0) is 11.0. The summed E-state index contributed by atoms with van der Waals surface area (Å²) in [7, 11) is -3.85. The van der Waals surface area contributed by atoms with Crippen molar-refractivity contribution in [2.45, 2.75) is 6.92 Å². The van der Waals surface area contributed by atoms with Crippen molar-refractivity contribution in [1.29, 1.82) is 0 Å². The molecule has 0 saturated carbocycles. The van der Waals surface area contributed by atoms with Gasteiger partial charge in [0.05, 0.1) is 13.2 Å². The molecular formula is C7H12O6S. The van der Waals surface area contributed by atoms with E-state index in [0.29, 0.717) is 0 Å². The number of rotatable bonds is 6. The van der Waals surface area contributed by atoms with Crippen molar-refractivity contribution in [2.24, 2.45) is 0 Å². The molecule has 0 atom stereocenters. The lowest BCUT2D eigenvalue weighted by Crippen LogP contribution is -2.17. The van der Waals surface area contributed by atoms with Crippen LogP contribution >= 0.6 is 0 Å². The number of carbonyl (C=O) groups excluding carboxylic acids is 1. The maximum absolute atomic E-state index is 10.9. The first-order chi connectivity index (χ1) is 6.52. The van der Waals surface area contributed by atoms with Gasteiger partial charge in [-0.2, -0.15) is 8.42 Å². The lowest BCUT2D eigenvalue weighted by molar-refractivity contribution is 0.0695. The summed E-state index contributed by atoms with van der Waals surface area (Å²) in [5, 5.41) is 0. The Kier molecular flexibility index (Phi) is 5.89. The largest absolute Gasteiger partial charge is 0.509 e. The van der Waals surface area contributed by atoms with Crippen molar-refractivity contribution in [1.82, 2.24) is 0 Å². The van der Waals surface area contributed by atoms with Crippen molar-refractivity contribution in [3.8, 4) is 0 Å². The van der Waals surface area contributed by atoms with Gasteiger partial charge in [0.25, 0.3) is 0 Å². The Bertz CT molecular complexity index is 281. The van der Waals surface area contributed by atoms with Gasteiger partial charge in [0.1, 0.15) is 0 Å². The molecule has 82 valence electrons. The van der Waals surface area contributed by atoms with Crippen LogP contribution in [0, 0.1) is 0 Å². The molecule has 0 heterocycles. The fourth-order valence-corrected chi connectivity index (χ4v) is 1.08. The summed E-state index contributed by atoms with van der Waals surface area (Å²) in [6, 6.07) is 0. The molecule has 0 spiro atoms. The summed E-state index contributed by atoms with van der Waals surface area (Å²) in [4.78, 5) is 10.6. The van der Waals surface area contributed by atoms with E-state index in [-0.39, 0.29) is 13.2 Å². The molecule has 0 aliphatic carbocycles. The third-order valence-electron chi connectivity index (χ3n) is 0.949. The van der Waals surface area contributed by atoms with Crippen molar-refractivity contribution in [3.05, 3.63) is 12.7 Å². The summed E-state index contributed by atoms with van der Waals surface area (Å²) in [6.45, 7) is 4.80. The van der Waals surface area contributed by atoms with Crippen LogP contribution in [-0.4, -0.2) is 33.7 Å². The molecule has 0 saturated heterocycles. The van der Waals surface area contributed by atoms with Gasteiger partial charge in [-0.3, -0.25) is 4.18 Å². The first-order valence-electron chi connectivity index (χ1n) is 3.79. The van der Waals surface area contributed by atoms with Crippen molar-refractivity contribution < 1.29 is 26.9 Å². The molecule has 0 radical (unpaired) electrons. The zero-order valence-electron chi connectivity index (χ0n) is 7.76. The predicted molar refractivity (Wildman–Crippen MR) is 48.0 cm³/mol. The highest BCUT2D eigenvalue weighted by atomic mass is 32.2. The Morgan fingerprint density at radius 1 is 1.43 bits per heavy atom. The topological polar surface area (TPSA) is 78.9 Å². The first-order valence-corrected chi connectivity index (χ1v) is 5.37. The minimum absolute atomic E-state index is 0.117. The first kappa shape index (κ1) is 12.9. The Hall–Kier alpha value is -1.08.